The largest absolute Gasteiger partial charge is 0.368 e. The lowest BCUT2D eigenvalue weighted by molar-refractivity contribution is -0.384. The highest BCUT2D eigenvalue weighted by atomic mass is 79.9. The molecule has 1 aliphatic rings. The number of primary amides is 1. The predicted molar refractivity (Wildman–Crippen MR) is 67.0 cm³/mol. The third kappa shape index (κ3) is 2.14. The maximum Gasteiger partial charge on any atom is 0.312 e. The molecule has 4 N–H and O–H groups in total. The highest BCUT2D eigenvalue weighted by Crippen LogP contribution is 2.28. The van der Waals surface area contributed by atoms with E-state index < -0.39 is 16.4 Å². The van der Waals surface area contributed by atoms with Gasteiger partial charge in [0.25, 0.3) is 0 Å². The summed E-state index contributed by atoms with van der Waals surface area (Å²) in [5.41, 5.74) is 4.07. The molecular weight excluding hydrogens is 306 g/mol. The van der Waals surface area contributed by atoms with E-state index in [4.69, 9.17) is 5.73 Å². The van der Waals surface area contributed by atoms with E-state index in [1.807, 2.05) is 0 Å². The van der Waals surface area contributed by atoms with Crippen LogP contribution in [0, 0.1) is 10.1 Å². The lowest BCUT2D eigenvalue weighted by Gasteiger charge is -2.40. The van der Waals surface area contributed by atoms with Gasteiger partial charge in [0.05, 0.1) is 4.92 Å². The van der Waals surface area contributed by atoms with E-state index in [9.17, 15) is 14.9 Å². The molecule has 0 unspecified atom stereocenters. The van der Waals surface area contributed by atoms with Crippen molar-refractivity contribution in [3.05, 3.63) is 26.9 Å². The Kier molecular flexibility index (Phi) is 3.18. The average molecular weight is 316 g/mol. The molecule has 1 aromatic heterocycles. The summed E-state index contributed by atoms with van der Waals surface area (Å²) in [5, 5.41) is 16.6. The number of carbonyl (C=O) groups is 1. The smallest absolute Gasteiger partial charge is 0.312 e. The van der Waals surface area contributed by atoms with Gasteiger partial charge in [-0.1, -0.05) is 0 Å². The predicted octanol–water partition coefficient (Wildman–Crippen LogP) is -0.00850. The maximum atomic E-state index is 11.4. The van der Waals surface area contributed by atoms with E-state index in [0.717, 1.165) is 0 Å². The molecule has 18 heavy (non-hydrogen) atoms. The molecule has 0 atom stereocenters. The summed E-state index contributed by atoms with van der Waals surface area (Å²) >= 11 is 3.11. The number of aromatic nitrogens is 1. The number of nitro groups is 1. The molecule has 1 aromatic rings. The number of amides is 1. The molecule has 96 valence electrons. The van der Waals surface area contributed by atoms with Crippen LogP contribution in [0.2, 0.25) is 0 Å². The fourth-order valence-electron chi connectivity index (χ4n) is 1.59. The van der Waals surface area contributed by atoms with Gasteiger partial charge in [-0.2, -0.15) is 0 Å². The minimum absolute atomic E-state index is 0.0310. The Labute approximate surface area is 110 Å². The first kappa shape index (κ1) is 12.7. The first-order chi connectivity index (χ1) is 8.44. The monoisotopic (exact) mass is 315 g/mol. The average Bonchev–Trinajstić information content (AvgIpc) is 2.24. The molecule has 0 bridgehead atoms. The van der Waals surface area contributed by atoms with Gasteiger partial charge in [0.2, 0.25) is 11.7 Å². The van der Waals surface area contributed by atoms with E-state index in [1.165, 1.54) is 12.3 Å². The van der Waals surface area contributed by atoms with Gasteiger partial charge < -0.3 is 16.4 Å². The van der Waals surface area contributed by atoms with Crippen LogP contribution in [0.25, 0.3) is 0 Å². The summed E-state index contributed by atoms with van der Waals surface area (Å²) in [6, 6.07) is 1.32. The molecule has 1 aliphatic heterocycles. The topological polar surface area (TPSA) is 123 Å². The Hall–Kier alpha value is -1.74. The highest BCUT2D eigenvalue weighted by molar-refractivity contribution is 9.10. The lowest BCUT2D eigenvalue weighted by Crippen LogP contribution is -2.70. The van der Waals surface area contributed by atoms with Crippen LogP contribution in [0.4, 0.5) is 11.5 Å². The molecule has 9 heteroatoms. The second kappa shape index (κ2) is 4.50. The number of nitrogens with zero attached hydrogens (tertiary/aromatic N) is 2. The summed E-state index contributed by atoms with van der Waals surface area (Å²) in [6.45, 7) is 0.633. The van der Waals surface area contributed by atoms with Crippen molar-refractivity contribution in [2.75, 3.05) is 18.4 Å². The quantitative estimate of drug-likeness (QED) is 0.530. The van der Waals surface area contributed by atoms with Crippen molar-refractivity contribution >= 4 is 33.3 Å². The summed E-state index contributed by atoms with van der Waals surface area (Å²) < 4.78 is 0.486. The van der Waals surface area contributed by atoms with Gasteiger partial charge in [-0.3, -0.25) is 14.9 Å². The van der Waals surface area contributed by atoms with Crippen molar-refractivity contribution in [1.29, 1.82) is 0 Å². The van der Waals surface area contributed by atoms with Crippen LogP contribution in [-0.2, 0) is 4.79 Å². The van der Waals surface area contributed by atoms with Crippen molar-refractivity contribution < 1.29 is 9.72 Å². The Morgan fingerprint density at radius 1 is 1.67 bits per heavy atom. The van der Waals surface area contributed by atoms with Crippen molar-refractivity contribution in [3.63, 3.8) is 0 Å². The minimum atomic E-state index is -1.01. The first-order valence-corrected chi connectivity index (χ1v) is 5.83. The fourth-order valence-corrected chi connectivity index (χ4v) is 1.91. The second-order valence-electron chi connectivity index (χ2n) is 3.95. The molecule has 0 spiro atoms. The molecule has 2 heterocycles. The molecule has 0 aliphatic carbocycles. The Bertz CT molecular complexity index is 517. The number of carbonyl (C=O) groups excluding carboxylic acids is 1. The van der Waals surface area contributed by atoms with Crippen LogP contribution in [0.5, 0.6) is 0 Å². The summed E-state index contributed by atoms with van der Waals surface area (Å²) in [6.07, 6.45) is 1.41. The molecule has 0 aromatic carbocycles. The number of nitrogens with one attached hydrogen (secondary N) is 2. The minimum Gasteiger partial charge on any atom is -0.368 e. The van der Waals surface area contributed by atoms with Crippen LogP contribution in [-0.4, -0.2) is 34.4 Å². The fraction of sp³-hybridized carbons (Fsp3) is 0.333. The number of pyridine rings is 1. The maximum absolute atomic E-state index is 11.4. The number of rotatable bonds is 4. The molecule has 0 radical (unpaired) electrons. The Morgan fingerprint density at radius 2 is 2.33 bits per heavy atom. The summed E-state index contributed by atoms with van der Waals surface area (Å²) in [7, 11) is 0. The molecule has 0 saturated carbocycles. The molecule has 1 fully saturated rings. The van der Waals surface area contributed by atoms with Crippen LogP contribution < -0.4 is 16.4 Å². The third-order valence-corrected chi connectivity index (χ3v) is 3.15. The standard InChI is InChI=1S/C9H10BrN5O3/c10-5-1-6(15(17)18)7(13-2-5)14-9(8(11)16)3-12-4-9/h1-2,12H,3-4H2,(H2,11,16)(H,13,14). The summed E-state index contributed by atoms with van der Waals surface area (Å²) in [4.78, 5) is 25.6. The lowest BCUT2D eigenvalue weighted by atomic mass is 9.91. The van der Waals surface area contributed by atoms with E-state index in [-0.39, 0.29) is 11.5 Å². The zero-order valence-electron chi connectivity index (χ0n) is 9.14. The zero-order chi connectivity index (χ0) is 13.3. The number of anilines is 1. The van der Waals surface area contributed by atoms with Crippen LogP contribution in [0.15, 0.2) is 16.7 Å². The number of hydrogen-bond donors (Lipinski definition) is 3. The van der Waals surface area contributed by atoms with Crippen molar-refractivity contribution in [3.8, 4) is 0 Å². The van der Waals surface area contributed by atoms with Crippen molar-refractivity contribution in [2.45, 2.75) is 5.54 Å². The van der Waals surface area contributed by atoms with Crippen molar-refractivity contribution in [1.82, 2.24) is 10.3 Å². The van der Waals surface area contributed by atoms with Gasteiger partial charge in [0, 0.05) is 29.8 Å². The van der Waals surface area contributed by atoms with E-state index in [1.54, 1.807) is 0 Å². The normalized spacial score (nSPS) is 16.7. The molecule has 2 rings (SSSR count). The third-order valence-electron chi connectivity index (χ3n) is 2.71. The van der Waals surface area contributed by atoms with Gasteiger partial charge in [-0.15, -0.1) is 0 Å². The number of nitrogens with two attached hydrogens (primary N) is 1. The zero-order valence-corrected chi connectivity index (χ0v) is 10.7. The SMILES string of the molecule is NC(=O)C1(Nc2ncc(Br)cc2[N+](=O)[O-])CNC1. The van der Waals surface area contributed by atoms with Gasteiger partial charge in [0.1, 0.15) is 5.54 Å². The van der Waals surface area contributed by atoms with Crippen LogP contribution in [0.1, 0.15) is 0 Å². The van der Waals surface area contributed by atoms with Gasteiger partial charge >= 0.3 is 5.69 Å². The van der Waals surface area contributed by atoms with Gasteiger partial charge in [-0.05, 0) is 15.9 Å². The van der Waals surface area contributed by atoms with E-state index >= 15 is 0 Å². The molecular formula is C9H10BrN5O3. The van der Waals surface area contributed by atoms with Crippen molar-refractivity contribution in [2.24, 2.45) is 5.73 Å². The first-order valence-electron chi connectivity index (χ1n) is 5.03. The van der Waals surface area contributed by atoms with Crippen LogP contribution >= 0.6 is 15.9 Å². The van der Waals surface area contributed by atoms with E-state index in [2.05, 4.69) is 31.5 Å². The van der Waals surface area contributed by atoms with Gasteiger partial charge in [0.15, 0.2) is 0 Å². The van der Waals surface area contributed by atoms with E-state index in [0.29, 0.717) is 17.6 Å². The van der Waals surface area contributed by atoms with Crippen LogP contribution in [0.3, 0.4) is 0 Å². The highest BCUT2D eigenvalue weighted by Gasteiger charge is 2.44. The summed E-state index contributed by atoms with van der Waals surface area (Å²) in [5.74, 6) is -0.538. The number of hydrogen-bond acceptors (Lipinski definition) is 6. The second-order valence-corrected chi connectivity index (χ2v) is 4.87. The van der Waals surface area contributed by atoms with Gasteiger partial charge in [-0.25, -0.2) is 4.98 Å². The molecule has 1 amide bonds. The Balaban J connectivity index is 2.34. The molecule has 1 saturated heterocycles. The molecule has 8 nitrogen and oxygen atoms in total. The number of halogens is 1. The Morgan fingerprint density at radius 3 is 2.78 bits per heavy atom.